The summed E-state index contributed by atoms with van der Waals surface area (Å²) in [5.41, 5.74) is 2.91. The predicted octanol–water partition coefficient (Wildman–Crippen LogP) is 7.45. The van der Waals surface area contributed by atoms with Crippen LogP contribution in [0.1, 0.15) is 49.3 Å². The summed E-state index contributed by atoms with van der Waals surface area (Å²) >= 11 is 12.6. The Kier molecular flexibility index (Phi) is 11.6. The summed E-state index contributed by atoms with van der Waals surface area (Å²) in [4.78, 5) is 30.3. The van der Waals surface area contributed by atoms with Crippen molar-refractivity contribution in [1.29, 1.82) is 0 Å². The highest BCUT2D eigenvalue weighted by Crippen LogP contribution is 2.28. The first-order valence-electron chi connectivity index (χ1n) is 15.9. The van der Waals surface area contributed by atoms with Gasteiger partial charge in [-0.3, -0.25) is 13.9 Å². The van der Waals surface area contributed by atoms with Gasteiger partial charge in [0.05, 0.1) is 20.6 Å². The van der Waals surface area contributed by atoms with Crippen LogP contribution in [-0.4, -0.2) is 43.8 Å². The predicted molar refractivity (Wildman–Crippen MR) is 188 cm³/mol. The van der Waals surface area contributed by atoms with Gasteiger partial charge in [0.2, 0.25) is 11.8 Å². The van der Waals surface area contributed by atoms with Crippen LogP contribution in [-0.2, 0) is 39.0 Å². The summed E-state index contributed by atoms with van der Waals surface area (Å²) in [6.07, 6.45) is 4.83. The smallest absolute Gasteiger partial charge is 0.264 e. The van der Waals surface area contributed by atoms with Gasteiger partial charge in [0.15, 0.2) is 0 Å². The average molecular weight is 693 g/mol. The van der Waals surface area contributed by atoms with Gasteiger partial charge in [-0.2, -0.15) is 0 Å². The van der Waals surface area contributed by atoms with Crippen LogP contribution in [0.3, 0.4) is 0 Å². The van der Waals surface area contributed by atoms with Crippen molar-refractivity contribution in [3.63, 3.8) is 0 Å². The number of benzene rings is 4. The van der Waals surface area contributed by atoms with E-state index >= 15 is 0 Å². The SMILES string of the molecule is CCc1ccc(N(CC(=O)N(Cc2ccc(Cl)c(Cl)c2)[C@@H](Cc2ccccc2)C(=O)NC2CCCC2)S(=O)(=O)c2ccccc2)cc1. The standard InChI is InChI=1S/C37H39Cl2N3O4S/c1-2-27-17-20-31(21-18-27)42(47(45,46)32-15-7-4-8-16-32)26-36(43)41(25-29-19-22-33(38)34(39)23-29)35(24-28-11-5-3-6-12-28)37(44)40-30-13-9-10-14-30/h3-8,11-12,15-23,30,35H,2,9-10,13-14,24-26H2,1H3,(H,40,44)/t35-/m0/s1. The number of nitrogens with one attached hydrogen (secondary N) is 1. The Bertz CT molecular complexity index is 1760. The lowest BCUT2D eigenvalue weighted by Crippen LogP contribution is -2.54. The molecule has 1 atom stereocenters. The van der Waals surface area contributed by atoms with Gasteiger partial charge in [-0.15, -0.1) is 0 Å². The molecular weight excluding hydrogens is 653 g/mol. The molecule has 1 fully saturated rings. The van der Waals surface area contributed by atoms with E-state index in [0.29, 0.717) is 21.3 Å². The molecule has 7 nitrogen and oxygen atoms in total. The van der Waals surface area contributed by atoms with E-state index in [1.165, 1.54) is 17.0 Å². The fourth-order valence-corrected chi connectivity index (χ4v) is 7.66. The van der Waals surface area contributed by atoms with Crippen LogP contribution in [0.2, 0.25) is 10.0 Å². The second kappa shape index (κ2) is 15.8. The molecule has 1 N–H and O–H groups in total. The van der Waals surface area contributed by atoms with Gasteiger partial charge in [0.1, 0.15) is 12.6 Å². The fourth-order valence-electron chi connectivity index (χ4n) is 5.90. The fraction of sp³-hybridized carbons (Fsp3) is 0.297. The number of rotatable bonds is 13. The first-order chi connectivity index (χ1) is 22.7. The second-order valence-electron chi connectivity index (χ2n) is 11.8. The Morgan fingerprint density at radius 2 is 1.43 bits per heavy atom. The molecule has 1 saturated carbocycles. The van der Waals surface area contributed by atoms with Crippen LogP contribution in [0.5, 0.6) is 0 Å². The van der Waals surface area contributed by atoms with Gasteiger partial charge in [-0.25, -0.2) is 8.42 Å². The molecular formula is C37H39Cl2N3O4S. The molecule has 0 unspecified atom stereocenters. The molecule has 1 aliphatic carbocycles. The number of nitrogens with zero attached hydrogens (tertiary/aromatic N) is 2. The van der Waals surface area contributed by atoms with E-state index in [4.69, 9.17) is 23.2 Å². The van der Waals surface area contributed by atoms with Crippen LogP contribution in [0, 0.1) is 0 Å². The van der Waals surface area contributed by atoms with E-state index < -0.39 is 28.5 Å². The number of halogens is 2. The van der Waals surface area contributed by atoms with Crippen molar-refractivity contribution in [3.8, 4) is 0 Å². The van der Waals surface area contributed by atoms with Crippen LogP contribution in [0.4, 0.5) is 5.69 Å². The third kappa shape index (κ3) is 8.74. The quantitative estimate of drug-likeness (QED) is 0.158. The summed E-state index contributed by atoms with van der Waals surface area (Å²) in [7, 11) is -4.16. The van der Waals surface area contributed by atoms with E-state index in [2.05, 4.69) is 5.32 Å². The largest absolute Gasteiger partial charge is 0.352 e. The maximum absolute atomic E-state index is 14.6. The summed E-state index contributed by atoms with van der Waals surface area (Å²) < 4.78 is 29.4. The average Bonchev–Trinajstić information content (AvgIpc) is 3.60. The highest BCUT2D eigenvalue weighted by Gasteiger charge is 2.35. The van der Waals surface area contributed by atoms with Crippen LogP contribution in [0.15, 0.2) is 108 Å². The lowest BCUT2D eigenvalue weighted by atomic mass is 10.0. The Morgan fingerprint density at radius 1 is 0.809 bits per heavy atom. The number of aryl methyl sites for hydroxylation is 1. The monoisotopic (exact) mass is 691 g/mol. The first-order valence-corrected chi connectivity index (χ1v) is 18.1. The highest BCUT2D eigenvalue weighted by atomic mass is 35.5. The molecule has 47 heavy (non-hydrogen) atoms. The second-order valence-corrected chi connectivity index (χ2v) is 14.5. The highest BCUT2D eigenvalue weighted by molar-refractivity contribution is 7.92. The lowest BCUT2D eigenvalue weighted by molar-refractivity contribution is -0.140. The van der Waals surface area contributed by atoms with Crippen molar-refractivity contribution >= 4 is 50.7 Å². The van der Waals surface area contributed by atoms with Crippen LogP contribution < -0.4 is 9.62 Å². The molecule has 0 aromatic heterocycles. The van der Waals surface area contributed by atoms with Crippen molar-refractivity contribution < 1.29 is 18.0 Å². The topological polar surface area (TPSA) is 86.8 Å². The molecule has 246 valence electrons. The molecule has 0 saturated heterocycles. The molecule has 2 amide bonds. The third-order valence-electron chi connectivity index (χ3n) is 8.55. The maximum atomic E-state index is 14.6. The van der Waals surface area contributed by atoms with Gasteiger partial charge in [0.25, 0.3) is 10.0 Å². The zero-order chi connectivity index (χ0) is 33.4. The Morgan fingerprint density at radius 3 is 2.04 bits per heavy atom. The van der Waals surface area contributed by atoms with Gasteiger partial charge in [-0.05, 0) is 72.4 Å². The first kappa shape index (κ1) is 34.5. The molecule has 4 aromatic carbocycles. The van der Waals surface area contributed by atoms with Crippen LogP contribution >= 0.6 is 23.2 Å². The molecule has 5 rings (SSSR count). The van der Waals surface area contributed by atoms with Gasteiger partial charge in [-0.1, -0.05) is 110 Å². The molecule has 4 aromatic rings. The summed E-state index contributed by atoms with van der Waals surface area (Å²) in [6, 6.07) is 28.8. The van der Waals surface area contributed by atoms with Crippen molar-refractivity contribution in [2.24, 2.45) is 0 Å². The zero-order valence-corrected chi connectivity index (χ0v) is 28.6. The summed E-state index contributed by atoms with van der Waals surface area (Å²) in [6.45, 7) is 1.51. The number of carbonyl (C=O) groups is 2. The van der Waals surface area contributed by atoms with Gasteiger partial charge >= 0.3 is 0 Å². The van der Waals surface area contributed by atoms with Crippen molar-refractivity contribution in [2.45, 2.75) is 69.0 Å². The molecule has 0 spiro atoms. The van der Waals surface area contributed by atoms with E-state index in [-0.39, 0.29) is 29.8 Å². The van der Waals surface area contributed by atoms with Gasteiger partial charge in [0, 0.05) is 19.0 Å². The number of sulfonamides is 1. The number of carbonyl (C=O) groups excluding carboxylic acids is 2. The Hall–Kier alpha value is -3.85. The molecule has 0 radical (unpaired) electrons. The molecule has 1 aliphatic rings. The van der Waals surface area contributed by atoms with Crippen molar-refractivity contribution in [1.82, 2.24) is 10.2 Å². The van der Waals surface area contributed by atoms with Crippen molar-refractivity contribution in [3.05, 3.63) is 130 Å². The van der Waals surface area contributed by atoms with E-state index in [0.717, 1.165) is 47.5 Å². The van der Waals surface area contributed by atoms with E-state index in [9.17, 15) is 18.0 Å². The summed E-state index contributed by atoms with van der Waals surface area (Å²) in [5.74, 6) is -0.809. The maximum Gasteiger partial charge on any atom is 0.264 e. The number of anilines is 1. The minimum atomic E-state index is -4.16. The third-order valence-corrected chi connectivity index (χ3v) is 11.1. The van der Waals surface area contributed by atoms with Gasteiger partial charge < -0.3 is 10.2 Å². The molecule has 0 heterocycles. The molecule has 0 bridgehead atoms. The van der Waals surface area contributed by atoms with E-state index in [1.54, 1.807) is 48.5 Å². The number of hydrogen-bond acceptors (Lipinski definition) is 4. The van der Waals surface area contributed by atoms with E-state index in [1.807, 2.05) is 49.4 Å². The van der Waals surface area contributed by atoms with Crippen molar-refractivity contribution in [2.75, 3.05) is 10.8 Å². The normalized spacial score (nSPS) is 14.0. The number of hydrogen-bond donors (Lipinski definition) is 1. The minimum Gasteiger partial charge on any atom is -0.352 e. The Balaban J connectivity index is 1.57. The minimum absolute atomic E-state index is 0.0132. The lowest BCUT2D eigenvalue weighted by Gasteiger charge is -2.34. The zero-order valence-electron chi connectivity index (χ0n) is 26.3. The van der Waals surface area contributed by atoms with Crippen LogP contribution in [0.25, 0.3) is 0 Å². The number of amides is 2. The molecule has 10 heteroatoms. The Labute approximate surface area is 287 Å². The summed E-state index contributed by atoms with van der Waals surface area (Å²) in [5, 5.41) is 3.86. The molecule has 0 aliphatic heterocycles.